The molecule has 0 fully saturated rings. The zero-order valence-electron chi connectivity index (χ0n) is 14.4. The van der Waals surface area contributed by atoms with E-state index in [2.05, 4.69) is 42.1 Å². The molecular weight excluding hydrogens is 358 g/mol. The van der Waals surface area contributed by atoms with Gasteiger partial charge in [-0.05, 0) is 55.3 Å². The van der Waals surface area contributed by atoms with Crippen molar-refractivity contribution in [2.75, 3.05) is 18.2 Å². The van der Waals surface area contributed by atoms with Gasteiger partial charge in [-0.2, -0.15) is 0 Å². The fraction of sp³-hybridized carbons (Fsp3) is 0.263. The van der Waals surface area contributed by atoms with Crippen molar-refractivity contribution < 1.29 is 14.3 Å². The molecule has 0 bridgehead atoms. The lowest BCUT2D eigenvalue weighted by Gasteiger charge is -2.09. The average molecular weight is 378 g/mol. The van der Waals surface area contributed by atoms with E-state index in [0.29, 0.717) is 28.4 Å². The second kappa shape index (κ2) is 8.92. The fourth-order valence-electron chi connectivity index (χ4n) is 2.14. The van der Waals surface area contributed by atoms with Gasteiger partial charge < -0.3 is 10.1 Å². The number of methoxy groups -OCH3 is 1. The van der Waals surface area contributed by atoms with E-state index in [-0.39, 0.29) is 5.91 Å². The molecule has 2 aromatic carbocycles. The molecule has 2 aromatic rings. The van der Waals surface area contributed by atoms with Crippen LogP contribution < -0.4 is 5.32 Å². The number of carbonyl (C=O) groups is 2. The molecule has 0 aliphatic heterocycles. The van der Waals surface area contributed by atoms with E-state index in [1.165, 1.54) is 24.3 Å². The number of hydrogen-bond acceptors (Lipinski definition) is 4. The van der Waals surface area contributed by atoms with Crippen LogP contribution in [0, 0.1) is 13.8 Å². The van der Waals surface area contributed by atoms with Gasteiger partial charge in [-0.1, -0.05) is 17.7 Å². The zero-order chi connectivity index (χ0) is 18.4. The first kappa shape index (κ1) is 19.3. The molecule has 0 saturated carbocycles. The number of carbonyl (C=O) groups excluding carboxylic acids is 2. The van der Waals surface area contributed by atoms with Crippen LogP contribution in [-0.4, -0.2) is 24.7 Å². The van der Waals surface area contributed by atoms with Crippen molar-refractivity contribution in [2.45, 2.75) is 25.2 Å². The summed E-state index contributed by atoms with van der Waals surface area (Å²) in [5.74, 6) is 0.0283. The summed E-state index contributed by atoms with van der Waals surface area (Å²) >= 11 is 7.71. The van der Waals surface area contributed by atoms with Gasteiger partial charge in [0.25, 0.3) is 0 Å². The van der Waals surface area contributed by atoms with Crippen molar-refractivity contribution in [1.29, 1.82) is 0 Å². The quantitative estimate of drug-likeness (QED) is 0.576. The van der Waals surface area contributed by atoms with Gasteiger partial charge in [0.15, 0.2) is 0 Å². The van der Waals surface area contributed by atoms with Gasteiger partial charge in [-0.25, -0.2) is 4.79 Å². The fourth-order valence-corrected chi connectivity index (χ4v) is 3.26. The van der Waals surface area contributed by atoms with Crippen LogP contribution in [0.25, 0.3) is 0 Å². The second-order valence-electron chi connectivity index (χ2n) is 5.58. The van der Waals surface area contributed by atoms with Crippen LogP contribution in [0.15, 0.2) is 41.3 Å². The smallest absolute Gasteiger partial charge is 0.337 e. The van der Waals surface area contributed by atoms with Crippen molar-refractivity contribution in [3.8, 4) is 0 Å². The number of nitrogens with one attached hydrogen (secondary N) is 1. The number of esters is 1. The van der Waals surface area contributed by atoms with Crippen LogP contribution in [-0.2, 0) is 9.53 Å². The molecule has 4 nitrogen and oxygen atoms in total. The summed E-state index contributed by atoms with van der Waals surface area (Å²) in [6.07, 6.45) is 0.344. The van der Waals surface area contributed by atoms with E-state index in [1.54, 1.807) is 23.9 Å². The van der Waals surface area contributed by atoms with Gasteiger partial charge in [-0.15, -0.1) is 11.8 Å². The molecular formula is C19H20ClNO3S. The Morgan fingerprint density at radius 2 is 1.88 bits per heavy atom. The molecule has 0 heterocycles. The highest BCUT2D eigenvalue weighted by molar-refractivity contribution is 7.99. The van der Waals surface area contributed by atoms with Gasteiger partial charge in [0.05, 0.1) is 23.4 Å². The summed E-state index contributed by atoms with van der Waals surface area (Å²) < 4.78 is 4.67. The maximum Gasteiger partial charge on any atom is 0.337 e. The number of benzene rings is 2. The molecule has 0 atom stereocenters. The summed E-state index contributed by atoms with van der Waals surface area (Å²) in [7, 11) is 1.30. The Hall–Kier alpha value is -1.98. The summed E-state index contributed by atoms with van der Waals surface area (Å²) in [5.41, 5.74) is 3.24. The van der Waals surface area contributed by atoms with Gasteiger partial charge in [0.2, 0.25) is 5.91 Å². The van der Waals surface area contributed by atoms with Crippen molar-refractivity contribution in [2.24, 2.45) is 0 Å². The normalized spacial score (nSPS) is 10.4. The molecule has 6 heteroatoms. The Balaban J connectivity index is 1.91. The van der Waals surface area contributed by atoms with E-state index < -0.39 is 5.97 Å². The van der Waals surface area contributed by atoms with Crippen molar-refractivity contribution in [3.05, 3.63) is 58.1 Å². The van der Waals surface area contributed by atoms with E-state index >= 15 is 0 Å². The molecule has 0 radical (unpaired) electrons. The molecule has 0 unspecified atom stereocenters. The minimum absolute atomic E-state index is 0.153. The predicted octanol–water partition coefficient (Wildman–Crippen LogP) is 4.86. The zero-order valence-corrected chi connectivity index (χ0v) is 16.0. The largest absolute Gasteiger partial charge is 0.465 e. The molecule has 0 aromatic heterocycles. The van der Waals surface area contributed by atoms with Crippen LogP contribution in [0.4, 0.5) is 5.69 Å². The maximum atomic E-state index is 12.1. The Morgan fingerprint density at radius 3 is 2.56 bits per heavy atom. The van der Waals surface area contributed by atoms with E-state index in [4.69, 9.17) is 11.6 Å². The molecule has 0 spiro atoms. The van der Waals surface area contributed by atoms with Gasteiger partial charge in [0, 0.05) is 17.1 Å². The third kappa shape index (κ3) is 5.51. The van der Waals surface area contributed by atoms with Gasteiger partial charge in [0.1, 0.15) is 0 Å². The minimum Gasteiger partial charge on any atom is -0.465 e. The molecule has 0 aliphatic carbocycles. The van der Waals surface area contributed by atoms with Crippen molar-refractivity contribution >= 4 is 40.9 Å². The molecule has 132 valence electrons. The lowest BCUT2D eigenvalue weighted by Crippen LogP contribution is -2.13. The summed E-state index contributed by atoms with van der Waals surface area (Å²) in [5, 5.41) is 3.12. The number of aryl methyl sites for hydroxylation is 2. The summed E-state index contributed by atoms with van der Waals surface area (Å²) in [4.78, 5) is 24.8. The van der Waals surface area contributed by atoms with Crippen molar-refractivity contribution in [3.63, 3.8) is 0 Å². The Morgan fingerprint density at radius 1 is 1.12 bits per heavy atom. The van der Waals surface area contributed by atoms with Crippen LogP contribution in [0.3, 0.4) is 0 Å². The number of halogens is 1. The van der Waals surface area contributed by atoms with Crippen LogP contribution in [0.1, 0.15) is 27.9 Å². The number of rotatable bonds is 6. The molecule has 1 amide bonds. The van der Waals surface area contributed by atoms with Crippen LogP contribution in [0.2, 0.25) is 5.02 Å². The van der Waals surface area contributed by atoms with Gasteiger partial charge >= 0.3 is 5.97 Å². The first-order chi connectivity index (χ1) is 11.9. The predicted molar refractivity (Wildman–Crippen MR) is 103 cm³/mol. The third-order valence-electron chi connectivity index (χ3n) is 3.74. The topological polar surface area (TPSA) is 55.4 Å². The molecule has 1 N–H and O–H groups in total. The Kier molecular flexibility index (Phi) is 6.91. The van der Waals surface area contributed by atoms with E-state index in [1.807, 2.05) is 0 Å². The van der Waals surface area contributed by atoms with E-state index in [0.717, 1.165) is 4.90 Å². The first-order valence-electron chi connectivity index (χ1n) is 7.78. The van der Waals surface area contributed by atoms with E-state index in [9.17, 15) is 9.59 Å². The minimum atomic E-state index is -0.475. The second-order valence-corrected chi connectivity index (χ2v) is 7.15. The molecule has 25 heavy (non-hydrogen) atoms. The maximum absolute atomic E-state index is 12.1. The summed E-state index contributed by atoms with van der Waals surface area (Å²) in [6.45, 7) is 4.14. The molecule has 2 rings (SSSR count). The highest BCUT2D eigenvalue weighted by Crippen LogP contribution is 2.25. The standard InChI is InChI=1S/C19H20ClNO3S/c1-12-4-6-15(10-13(12)2)25-9-8-18(22)21-17-11-14(19(23)24-3)5-7-16(17)20/h4-7,10-11H,8-9H2,1-3H3,(H,21,22). The number of thioether (sulfide) groups is 1. The molecule has 0 saturated heterocycles. The van der Waals surface area contributed by atoms with Crippen LogP contribution >= 0.6 is 23.4 Å². The average Bonchev–Trinajstić information content (AvgIpc) is 2.59. The molecule has 0 aliphatic rings. The summed E-state index contributed by atoms with van der Waals surface area (Å²) in [6, 6.07) is 10.9. The van der Waals surface area contributed by atoms with Gasteiger partial charge in [-0.3, -0.25) is 4.79 Å². The number of anilines is 1. The highest BCUT2D eigenvalue weighted by Gasteiger charge is 2.11. The lowest BCUT2D eigenvalue weighted by atomic mass is 10.1. The van der Waals surface area contributed by atoms with Crippen LogP contribution in [0.5, 0.6) is 0 Å². The SMILES string of the molecule is COC(=O)c1ccc(Cl)c(NC(=O)CCSc2ccc(C)c(C)c2)c1. The Labute approximate surface area is 156 Å². The highest BCUT2D eigenvalue weighted by atomic mass is 35.5. The number of hydrogen-bond donors (Lipinski definition) is 1. The number of amides is 1. The third-order valence-corrected chi connectivity index (χ3v) is 5.06. The van der Waals surface area contributed by atoms with Crippen molar-refractivity contribution in [1.82, 2.24) is 0 Å². The Bertz CT molecular complexity index is 792. The first-order valence-corrected chi connectivity index (χ1v) is 9.15. The lowest BCUT2D eigenvalue weighted by molar-refractivity contribution is -0.115. The number of ether oxygens (including phenoxy) is 1. The monoisotopic (exact) mass is 377 g/mol.